The summed E-state index contributed by atoms with van der Waals surface area (Å²) in [4.78, 5) is 11.7. The molecule has 21 heavy (non-hydrogen) atoms. The van der Waals surface area contributed by atoms with E-state index in [4.69, 9.17) is 4.42 Å². The first-order valence-electron chi connectivity index (χ1n) is 6.61. The van der Waals surface area contributed by atoms with Crippen LogP contribution in [-0.2, 0) is 6.42 Å². The maximum absolute atomic E-state index is 13.4. The van der Waals surface area contributed by atoms with Gasteiger partial charge < -0.3 is 20.2 Å². The van der Waals surface area contributed by atoms with Gasteiger partial charge in [-0.3, -0.25) is 0 Å². The van der Waals surface area contributed by atoms with Crippen molar-refractivity contribution < 1.29 is 18.7 Å². The van der Waals surface area contributed by atoms with Crippen LogP contribution in [0.25, 0.3) is 0 Å². The summed E-state index contributed by atoms with van der Waals surface area (Å²) in [5.41, 5.74) is 0.113. The van der Waals surface area contributed by atoms with Crippen molar-refractivity contribution in [2.75, 3.05) is 18.5 Å². The minimum absolute atomic E-state index is 0.0827. The molecule has 1 aromatic carbocycles. The van der Waals surface area contributed by atoms with E-state index in [1.54, 1.807) is 24.5 Å². The van der Waals surface area contributed by atoms with Crippen molar-refractivity contribution >= 4 is 11.7 Å². The molecule has 5 nitrogen and oxygen atoms in total. The molecule has 0 aliphatic heterocycles. The van der Waals surface area contributed by atoms with Gasteiger partial charge in [-0.1, -0.05) is 12.1 Å². The molecule has 0 saturated heterocycles. The number of aliphatic hydroxyl groups is 1. The number of benzene rings is 1. The minimum atomic E-state index is -0.516. The number of carbonyl (C=O) groups excluding carboxylic acids is 1. The van der Waals surface area contributed by atoms with Crippen LogP contribution in [0.5, 0.6) is 0 Å². The highest BCUT2D eigenvalue weighted by Gasteiger charge is 2.12. The molecule has 0 bridgehead atoms. The quantitative estimate of drug-likeness (QED) is 0.765. The Bertz CT molecular complexity index is 572. The Hall–Kier alpha value is -2.34. The highest BCUT2D eigenvalue weighted by molar-refractivity contribution is 5.89. The number of urea groups is 1. The molecule has 112 valence electrons. The van der Waals surface area contributed by atoms with Crippen LogP contribution in [0.2, 0.25) is 0 Å². The number of carbonyl (C=O) groups is 1. The number of hydrogen-bond acceptors (Lipinski definition) is 3. The van der Waals surface area contributed by atoms with Crippen molar-refractivity contribution in [3.8, 4) is 0 Å². The number of nitrogens with one attached hydrogen (secondary N) is 2. The topological polar surface area (TPSA) is 74.5 Å². The Labute approximate surface area is 121 Å². The van der Waals surface area contributed by atoms with E-state index in [-0.39, 0.29) is 24.8 Å². The molecule has 1 unspecified atom stereocenters. The molecule has 1 heterocycles. The summed E-state index contributed by atoms with van der Waals surface area (Å²) < 4.78 is 18.6. The zero-order valence-electron chi connectivity index (χ0n) is 11.4. The third kappa shape index (κ3) is 4.61. The fourth-order valence-corrected chi connectivity index (χ4v) is 1.88. The smallest absolute Gasteiger partial charge is 0.319 e. The maximum Gasteiger partial charge on any atom is 0.319 e. The van der Waals surface area contributed by atoms with Gasteiger partial charge in [-0.25, -0.2) is 9.18 Å². The third-order valence-electron chi connectivity index (χ3n) is 3.00. The third-order valence-corrected chi connectivity index (χ3v) is 3.00. The number of anilines is 1. The van der Waals surface area contributed by atoms with Gasteiger partial charge in [0.1, 0.15) is 11.6 Å². The fraction of sp³-hybridized carbons (Fsp3) is 0.267. The summed E-state index contributed by atoms with van der Waals surface area (Å²) in [6.45, 7) is 0.179. The largest absolute Gasteiger partial charge is 0.469 e. The van der Waals surface area contributed by atoms with Crippen LogP contribution in [0.15, 0.2) is 47.1 Å². The van der Waals surface area contributed by atoms with E-state index < -0.39 is 11.8 Å². The lowest BCUT2D eigenvalue weighted by molar-refractivity contribution is 0.213. The normalized spacial score (nSPS) is 11.9. The summed E-state index contributed by atoms with van der Waals surface area (Å²) in [6, 6.07) is 8.97. The Morgan fingerprint density at radius 1 is 1.29 bits per heavy atom. The lowest BCUT2D eigenvalue weighted by atomic mass is 10.1. The van der Waals surface area contributed by atoms with E-state index in [0.717, 1.165) is 5.76 Å². The van der Waals surface area contributed by atoms with Gasteiger partial charge in [0.25, 0.3) is 0 Å². The number of amides is 2. The second-order valence-electron chi connectivity index (χ2n) is 4.65. The van der Waals surface area contributed by atoms with Crippen molar-refractivity contribution in [3.63, 3.8) is 0 Å². The monoisotopic (exact) mass is 292 g/mol. The van der Waals surface area contributed by atoms with Crippen molar-refractivity contribution in [3.05, 3.63) is 54.2 Å². The lowest BCUT2D eigenvalue weighted by Gasteiger charge is -2.14. The van der Waals surface area contributed by atoms with Crippen molar-refractivity contribution in [2.45, 2.75) is 6.42 Å². The highest BCUT2D eigenvalue weighted by Crippen LogP contribution is 2.12. The second kappa shape index (κ2) is 7.44. The zero-order chi connectivity index (χ0) is 15.1. The number of rotatable bonds is 6. The number of aliphatic hydroxyl groups excluding tert-OH is 1. The van der Waals surface area contributed by atoms with Gasteiger partial charge in [-0.2, -0.15) is 0 Å². The van der Waals surface area contributed by atoms with Crippen LogP contribution >= 0.6 is 0 Å². The van der Waals surface area contributed by atoms with Gasteiger partial charge in [0.05, 0.1) is 12.0 Å². The van der Waals surface area contributed by atoms with Crippen LogP contribution in [-0.4, -0.2) is 24.3 Å². The van der Waals surface area contributed by atoms with E-state index in [1.807, 2.05) is 6.07 Å². The lowest BCUT2D eigenvalue weighted by Crippen LogP contribution is -2.35. The summed E-state index contributed by atoms with van der Waals surface area (Å²) in [6.07, 6.45) is 2.07. The first-order valence-corrected chi connectivity index (χ1v) is 6.61. The standard InChI is InChI=1S/C15H17FN2O3/c16-13-5-1-2-6-14(13)18-15(20)17-9-11(10-19)8-12-4-3-7-21-12/h1-7,11,19H,8-10H2,(H2,17,18,20). The van der Waals surface area contributed by atoms with Crippen molar-refractivity contribution in [2.24, 2.45) is 5.92 Å². The first kappa shape index (κ1) is 15.1. The molecular weight excluding hydrogens is 275 g/mol. The van der Waals surface area contributed by atoms with Gasteiger partial charge in [-0.05, 0) is 24.3 Å². The van der Waals surface area contributed by atoms with Gasteiger partial charge >= 0.3 is 6.03 Å². The first-order chi connectivity index (χ1) is 10.2. The van der Waals surface area contributed by atoms with E-state index in [9.17, 15) is 14.3 Å². The predicted molar refractivity (Wildman–Crippen MR) is 76.4 cm³/mol. The Balaban J connectivity index is 1.81. The Kier molecular flexibility index (Phi) is 5.34. The SMILES string of the molecule is O=C(NCC(CO)Cc1ccco1)Nc1ccccc1F. The zero-order valence-corrected chi connectivity index (χ0v) is 11.4. The molecule has 0 aliphatic carbocycles. The van der Waals surface area contributed by atoms with Crippen LogP contribution in [0.1, 0.15) is 5.76 Å². The second-order valence-corrected chi connectivity index (χ2v) is 4.65. The molecule has 2 aromatic rings. The van der Waals surface area contributed by atoms with Crippen LogP contribution < -0.4 is 10.6 Å². The Morgan fingerprint density at radius 3 is 2.76 bits per heavy atom. The molecule has 2 amide bonds. The molecule has 1 aromatic heterocycles. The molecule has 2 rings (SSSR count). The van der Waals surface area contributed by atoms with Crippen molar-refractivity contribution in [1.29, 1.82) is 0 Å². The van der Waals surface area contributed by atoms with E-state index in [1.165, 1.54) is 12.1 Å². The van der Waals surface area contributed by atoms with E-state index in [0.29, 0.717) is 6.42 Å². The molecule has 1 atom stereocenters. The molecule has 0 saturated carbocycles. The summed E-state index contributed by atoms with van der Waals surface area (Å²) in [5.74, 6) is 0.0785. The van der Waals surface area contributed by atoms with Gasteiger partial charge in [-0.15, -0.1) is 0 Å². The molecule has 0 radical (unpaired) electrons. The van der Waals surface area contributed by atoms with Gasteiger partial charge in [0.15, 0.2) is 0 Å². The minimum Gasteiger partial charge on any atom is -0.469 e. The van der Waals surface area contributed by atoms with E-state index >= 15 is 0 Å². The molecule has 3 N–H and O–H groups in total. The number of hydrogen-bond donors (Lipinski definition) is 3. The Morgan fingerprint density at radius 2 is 2.10 bits per heavy atom. The molecule has 6 heteroatoms. The summed E-state index contributed by atoms with van der Waals surface area (Å²) >= 11 is 0. The fourth-order valence-electron chi connectivity index (χ4n) is 1.88. The summed E-state index contributed by atoms with van der Waals surface area (Å²) in [5, 5.41) is 14.3. The van der Waals surface area contributed by atoms with E-state index in [2.05, 4.69) is 10.6 Å². The molecular formula is C15H17FN2O3. The van der Waals surface area contributed by atoms with Crippen LogP contribution in [0.3, 0.4) is 0 Å². The molecule has 0 aliphatic rings. The highest BCUT2D eigenvalue weighted by atomic mass is 19.1. The van der Waals surface area contributed by atoms with Gasteiger partial charge in [0.2, 0.25) is 0 Å². The molecule has 0 spiro atoms. The summed E-state index contributed by atoms with van der Waals surface area (Å²) in [7, 11) is 0. The van der Waals surface area contributed by atoms with Crippen LogP contribution in [0, 0.1) is 11.7 Å². The number of furan rings is 1. The average molecular weight is 292 g/mol. The predicted octanol–water partition coefficient (Wildman–Crippen LogP) is 2.39. The maximum atomic E-state index is 13.4. The molecule has 0 fully saturated rings. The average Bonchev–Trinajstić information content (AvgIpc) is 2.99. The van der Waals surface area contributed by atoms with Crippen LogP contribution in [0.4, 0.5) is 14.9 Å². The number of para-hydroxylation sites is 1. The van der Waals surface area contributed by atoms with Gasteiger partial charge in [0, 0.05) is 25.5 Å². The van der Waals surface area contributed by atoms with Crippen molar-refractivity contribution in [1.82, 2.24) is 5.32 Å². The number of halogens is 1.